The molecule has 0 unspecified atom stereocenters. The molecule has 1 aromatic heterocycles. The summed E-state index contributed by atoms with van der Waals surface area (Å²) in [5.41, 5.74) is 4.71. The first-order chi connectivity index (χ1) is 11.1. The van der Waals surface area contributed by atoms with Gasteiger partial charge in [-0.2, -0.15) is 0 Å². The molecule has 5 heteroatoms. The van der Waals surface area contributed by atoms with E-state index in [0.29, 0.717) is 18.1 Å². The number of benzene rings is 1. The summed E-state index contributed by atoms with van der Waals surface area (Å²) in [5.74, 6) is 1.02. The predicted molar refractivity (Wildman–Crippen MR) is 87.4 cm³/mol. The highest BCUT2D eigenvalue weighted by Gasteiger charge is 2.26. The average Bonchev–Trinajstić information content (AvgIpc) is 2.94. The van der Waals surface area contributed by atoms with Crippen LogP contribution in [0.25, 0.3) is 11.4 Å². The lowest BCUT2D eigenvalue weighted by Gasteiger charge is -2.28. The summed E-state index contributed by atoms with van der Waals surface area (Å²) in [6, 6.07) is 4.02. The van der Waals surface area contributed by atoms with Crippen LogP contribution in [0, 0.1) is 6.92 Å². The van der Waals surface area contributed by atoms with Crippen LogP contribution in [0.4, 0.5) is 0 Å². The molecule has 0 atom stereocenters. The second-order valence-corrected chi connectivity index (χ2v) is 6.06. The quantitative estimate of drug-likeness (QED) is 0.857. The van der Waals surface area contributed by atoms with E-state index >= 15 is 0 Å². The fourth-order valence-electron chi connectivity index (χ4n) is 3.05. The second kappa shape index (κ2) is 6.54. The van der Waals surface area contributed by atoms with Crippen molar-refractivity contribution in [3.8, 4) is 11.4 Å². The fraction of sp³-hybridized carbons (Fsp3) is 0.444. The Bertz CT molecular complexity index is 717. The van der Waals surface area contributed by atoms with Gasteiger partial charge in [-0.25, -0.2) is 9.78 Å². The monoisotopic (exact) mass is 314 g/mol. The van der Waals surface area contributed by atoms with Crippen LogP contribution in [0.2, 0.25) is 0 Å². The number of nitrogens with one attached hydrogen (secondary N) is 1. The van der Waals surface area contributed by atoms with E-state index in [9.17, 15) is 4.79 Å². The number of rotatable bonds is 5. The molecule has 0 spiro atoms. The summed E-state index contributed by atoms with van der Waals surface area (Å²) >= 11 is 0. The molecular formula is C18H22N2O3. The van der Waals surface area contributed by atoms with Gasteiger partial charge < -0.3 is 14.5 Å². The molecule has 0 amide bonds. The molecule has 122 valence electrons. The van der Waals surface area contributed by atoms with Gasteiger partial charge in [-0.05, 0) is 42.9 Å². The highest BCUT2D eigenvalue weighted by molar-refractivity contribution is 5.92. The molecule has 0 saturated heterocycles. The van der Waals surface area contributed by atoms with Crippen molar-refractivity contribution in [2.24, 2.45) is 0 Å². The lowest BCUT2D eigenvalue weighted by molar-refractivity contribution is 0.0600. The molecule has 1 N–H and O–H groups in total. The lowest BCUT2D eigenvalue weighted by Crippen LogP contribution is -2.13. The number of esters is 1. The van der Waals surface area contributed by atoms with E-state index < -0.39 is 0 Å². The van der Waals surface area contributed by atoms with Crippen LogP contribution in [-0.2, 0) is 16.1 Å². The van der Waals surface area contributed by atoms with Crippen LogP contribution in [0.1, 0.15) is 52.4 Å². The van der Waals surface area contributed by atoms with E-state index in [2.05, 4.69) is 16.0 Å². The molecule has 1 heterocycles. The highest BCUT2D eigenvalue weighted by atomic mass is 16.5. The van der Waals surface area contributed by atoms with Crippen molar-refractivity contribution in [2.75, 3.05) is 14.2 Å². The van der Waals surface area contributed by atoms with Gasteiger partial charge in [-0.3, -0.25) is 0 Å². The normalized spacial score (nSPS) is 14.6. The summed E-state index contributed by atoms with van der Waals surface area (Å²) in [6.45, 7) is 2.44. The van der Waals surface area contributed by atoms with E-state index in [4.69, 9.17) is 9.47 Å². The van der Waals surface area contributed by atoms with Crippen LogP contribution in [0.15, 0.2) is 18.3 Å². The zero-order valence-corrected chi connectivity index (χ0v) is 13.8. The third-order valence-electron chi connectivity index (χ3n) is 4.53. The third-order valence-corrected chi connectivity index (χ3v) is 4.53. The average molecular weight is 314 g/mol. The number of ether oxygens (including phenoxy) is 2. The maximum absolute atomic E-state index is 12.0. The SMILES string of the molecule is COCc1cnc(-c2cc(C(=O)OC)c(C)cc2C2CCC2)[nH]1. The first kappa shape index (κ1) is 15.7. The molecule has 3 rings (SSSR count). The van der Waals surface area contributed by atoms with E-state index in [-0.39, 0.29) is 5.97 Å². The summed E-state index contributed by atoms with van der Waals surface area (Å²) in [7, 11) is 3.06. The molecule has 1 aliphatic carbocycles. The van der Waals surface area contributed by atoms with Gasteiger partial charge in [-0.1, -0.05) is 12.5 Å². The minimum absolute atomic E-state index is 0.312. The minimum atomic E-state index is -0.312. The number of aromatic nitrogens is 2. The molecule has 5 nitrogen and oxygen atoms in total. The van der Waals surface area contributed by atoms with Crippen LogP contribution >= 0.6 is 0 Å². The topological polar surface area (TPSA) is 64.2 Å². The Morgan fingerprint density at radius 2 is 2.13 bits per heavy atom. The Morgan fingerprint density at radius 1 is 1.35 bits per heavy atom. The van der Waals surface area contributed by atoms with Crippen molar-refractivity contribution in [1.82, 2.24) is 9.97 Å². The van der Waals surface area contributed by atoms with Gasteiger partial charge in [-0.15, -0.1) is 0 Å². The van der Waals surface area contributed by atoms with Crippen molar-refractivity contribution in [3.05, 3.63) is 40.7 Å². The van der Waals surface area contributed by atoms with E-state index in [0.717, 1.165) is 22.6 Å². The smallest absolute Gasteiger partial charge is 0.338 e. The summed E-state index contributed by atoms with van der Waals surface area (Å²) in [4.78, 5) is 19.8. The number of carbonyl (C=O) groups is 1. The van der Waals surface area contributed by atoms with Gasteiger partial charge in [0.05, 0.1) is 31.2 Å². The van der Waals surface area contributed by atoms with Gasteiger partial charge in [0, 0.05) is 12.7 Å². The number of H-pyrrole nitrogens is 1. The number of hydrogen-bond acceptors (Lipinski definition) is 4. The van der Waals surface area contributed by atoms with Crippen LogP contribution < -0.4 is 0 Å². The van der Waals surface area contributed by atoms with Gasteiger partial charge in [0.1, 0.15) is 5.82 Å². The standard InChI is InChI=1S/C18H22N2O3/c1-11-7-15(12-5-4-6-12)16(8-14(11)18(21)23-3)17-19-9-13(20-17)10-22-2/h7-9,12H,4-6,10H2,1-3H3,(H,19,20). The molecule has 0 radical (unpaired) electrons. The molecule has 0 bridgehead atoms. The third kappa shape index (κ3) is 3.01. The Morgan fingerprint density at radius 3 is 2.74 bits per heavy atom. The lowest BCUT2D eigenvalue weighted by atomic mass is 9.77. The molecule has 2 aromatic rings. The first-order valence-corrected chi connectivity index (χ1v) is 7.90. The number of aromatic amines is 1. The van der Waals surface area contributed by atoms with Crippen molar-refractivity contribution in [3.63, 3.8) is 0 Å². The number of imidazole rings is 1. The zero-order chi connectivity index (χ0) is 16.4. The number of nitrogens with zero attached hydrogens (tertiary/aromatic N) is 1. The van der Waals surface area contributed by atoms with Crippen LogP contribution in [0.5, 0.6) is 0 Å². The zero-order valence-electron chi connectivity index (χ0n) is 13.8. The number of methoxy groups -OCH3 is 2. The minimum Gasteiger partial charge on any atom is -0.465 e. The largest absolute Gasteiger partial charge is 0.465 e. The van der Waals surface area contributed by atoms with Crippen molar-refractivity contribution < 1.29 is 14.3 Å². The molecular weight excluding hydrogens is 292 g/mol. The number of carbonyl (C=O) groups excluding carboxylic acids is 1. The van der Waals surface area contributed by atoms with Gasteiger partial charge >= 0.3 is 5.97 Å². The Kier molecular flexibility index (Phi) is 4.48. The molecule has 0 aliphatic heterocycles. The number of aryl methyl sites for hydroxylation is 1. The fourth-order valence-corrected chi connectivity index (χ4v) is 3.05. The van der Waals surface area contributed by atoms with E-state index in [1.54, 1.807) is 13.3 Å². The van der Waals surface area contributed by atoms with Crippen molar-refractivity contribution in [2.45, 2.75) is 38.7 Å². The van der Waals surface area contributed by atoms with E-state index in [1.807, 2.05) is 13.0 Å². The second-order valence-electron chi connectivity index (χ2n) is 6.06. The molecule has 1 saturated carbocycles. The molecule has 1 aliphatic rings. The summed E-state index contributed by atoms with van der Waals surface area (Å²) in [5, 5.41) is 0. The van der Waals surface area contributed by atoms with Gasteiger partial charge in [0.15, 0.2) is 0 Å². The molecule has 23 heavy (non-hydrogen) atoms. The van der Waals surface area contributed by atoms with Crippen LogP contribution in [0.3, 0.4) is 0 Å². The van der Waals surface area contributed by atoms with Gasteiger partial charge in [0.2, 0.25) is 0 Å². The molecule has 1 fully saturated rings. The Balaban J connectivity index is 2.08. The predicted octanol–water partition coefficient (Wildman–Crippen LogP) is 3.59. The van der Waals surface area contributed by atoms with Gasteiger partial charge in [0.25, 0.3) is 0 Å². The number of hydrogen-bond donors (Lipinski definition) is 1. The maximum atomic E-state index is 12.0. The van der Waals surface area contributed by atoms with Crippen molar-refractivity contribution >= 4 is 5.97 Å². The van der Waals surface area contributed by atoms with Crippen molar-refractivity contribution in [1.29, 1.82) is 0 Å². The Labute approximate surface area is 136 Å². The van der Waals surface area contributed by atoms with Crippen LogP contribution in [-0.4, -0.2) is 30.2 Å². The van der Waals surface area contributed by atoms with E-state index in [1.165, 1.54) is 31.9 Å². The summed E-state index contributed by atoms with van der Waals surface area (Å²) < 4.78 is 10.0. The maximum Gasteiger partial charge on any atom is 0.338 e. The highest BCUT2D eigenvalue weighted by Crippen LogP contribution is 2.41. The summed E-state index contributed by atoms with van der Waals surface area (Å²) in [6.07, 6.45) is 5.42. The first-order valence-electron chi connectivity index (χ1n) is 7.90. The Hall–Kier alpha value is -2.14. The molecule has 1 aromatic carbocycles.